The Kier molecular flexibility index (Phi) is 6.43. The van der Waals surface area contributed by atoms with Gasteiger partial charge in [-0.15, -0.1) is 10.2 Å². The molecule has 0 saturated carbocycles. The summed E-state index contributed by atoms with van der Waals surface area (Å²) in [6.45, 7) is 4.94. The fraction of sp³-hybridized carbons (Fsp3) is 0.393. The molecular formula is C28H33N7. The first-order valence-corrected chi connectivity index (χ1v) is 12.8. The quantitative estimate of drug-likeness (QED) is 0.430. The molecule has 1 N–H and O–H groups in total. The Bertz CT molecular complexity index is 1190. The summed E-state index contributed by atoms with van der Waals surface area (Å²) >= 11 is 0. The van der Waals surface area contributed by atoms with E-state index < -0.39 is 0 Å². The van der Waals surface area contributed by atoms with Gasteiger partial charge < -0.3 is 9.88 Å². The lowest BCUT2D eigenvalue weighted by Crippen LogP contribution is -2.44. The molecular weight excluding hydrogens is 434 g/mol. The minimum Gasteiger partial charge on any atom is -0.315 e. The molecule has 2 saturated heterocycles. The second-order valence-corrected chi connectivity index (χ2v) is 9.82. The minimum absolute atomic E-state index is 0.183. The standard InChI is InChI=1S/C28H33N7/c1-2-6-22(7-3-1)19-33-21-30-32-28(33)27(26-8-4-17-35(26)25-13-15-29-18-25)24-11-9-23(10-12-24)20-34-16-5-14-31-34/h1-3,5-7,9-12,14,16,21,25-27,29H,4,8,13,15,17-20H2. The summed E-state index contributed by atoms with van der Waals surface area (Å²) in [5, 5.41) is 17.1. The van der Waals surface area contributed by atoms with Crippen LogP contribution in [0.1, 0.15) is 47.7 Å². The van der Waals surface area contributed by atoms with E-state index in [1.165, 1.54) is 36.0 Å². The summed E-state index contributed by atoms with van der Waals surface area (Å²) < 4.78 is 4.22. The monoisotopic (exact) mass is 467 g/mol. The molecule has 2 aromatic carbocycles. The molecule has 2 aliphatic heterocycles. The Morgan fingerprint density at radius 2 is 1.80 bits per heavy atom. The summed E-state index contributed by atoms with van der Waals surface area (Å²) in [6, 6.07) is 22.7. The fourth-order valence-electron chi connectivity index (χ4n) is 5.91. The highest BCUT2D eigenvalue weighted by Crippen LogP contribution is 2.37. The molecule has 2 fully saturated rings. The number of hydrogen-bond acceptors (Lipinski definition) is 5. The maximum absolute atomic E-state index is 4.73. The van der Waals surface area contributed by atoms with Gasteiger partial charge in [-0.05, 0) is 55.1 Å². The van der Waals surface area contributed by atoms with Crippen molar-refractivity contribution in [1.29, 1.82) is 0 Å². The van der Waals surface area contributed by atoms with Gasteiger partial charge in [-0.2, -0.15) is 5.10 Å². The summed E-state index contributed by atoms with van der Waals surface area (Å²) in [7, 11) is 0. The van der Waals surface area contributed by atoms with Crippen molar-refractivity contribution >= 4 is 0 Å². The number of nitrogens with one attached hydrogen (secondary N) is 1. The third kappa shape index (κ3) is 4.79. The van der Waals surface area contributed by atoms with Gasteiger partial charge in [-0.1, -0.05) is 54.6 Å². The average molecular weight is 468 g/mol. The largest absolute Gasteiger partial charge is 0.315 e. The first kappa shape index (κ1) is 22.2. The molecule has 2 aliphatic rings. The molecule has 0 aliphatic carbocycles. The van der Waals surface area contributed by atoms with E-state index >= 15 is 0 Å². The van der Waals surface area contributed by atoms with E-state index in [4.69, 9.17) is 5.10 Å². The molecule has 6 rings (SSSR count). The molecule has 4 heterocycles. The number of rotatable bonds is 8. The SMILES string of the molecule is c1ccc(Cn2cnnc2C(c2ccc(Cn3cccn3)cc2)C2CCCN2C2CCNC2)cc1. The van der Waals surface area contributed by atoms with Gasteiger partial charge in [0.1, 0.15) is 12.2 Å². The van der Waals surface area contributed by atoms with Crippen LogP contribution in [0.3, 0.4) is 0 Å². The lowest BCUT2D eigenvalue weighted by atomic mass is 9.87. The van der Waals surface area contributed by atoms with Gasteiger partial charge in [-0.3, -0.25) is 9.58 Å². The van der Waals surface area contributed by atoms with E-state index in [0.717, 1.165) is 38.5 Å². The van der Waals surface area contributed by atoms with Crippen LogP contribution in [0, 0.1) is 0 Å². The van der Waals surface area contributed by atoms with Crippen molar-refractivity contribution in [3.63, 3.8) is 0 Å². The summed E-state index contributed by atoms with van der Waals surface area (Å²) in [6.07, 6.45) is 9.39. The van der Waals surface area contributed by atoms with E-state index in [1.54, 1.807) is 0 Å². The predicted octanol–water partition coefficient (Wildman–Crippen LogP) is 3.53. The number of hydrogen-bond donors (Lipinski definition) is 1. The van der Waals surface area contributed by atoms with Gasteiger partial charge in [-0.25, -0.2) is 0 Å². The molecule has 0 spiro atoms. The summed E-state index contributed by atoms with van der Waals surface area (Å²) in [5.74, 6) is 1.25. The van der Waals surface area contributed by atoms with Gasteiger partial charge in [0, 0.05) is 31.0 Å². The van der Waals surface area contributed by atoms with Gasteiger partial charge >= 0.3 is 0 Å². The van der Waals surface area contributed by atoms with Gasteiger partial charge in [0.15, 0.2) is 0 Å². The van der Waals surface area contributed by atoms with Crippen LogP contribution in [0.15, 0.2) is 79.4 Å². The normalized spacial score (nSPS) is 21.5. The molecule has 4 aromatic rings. The topological polar surface area (TPSA) is 63.8 Å². The number of benzene rings is 2. The molecule has 3 atom stereocenters. The van der Waals surface area contributed by atoms with E-state index in [0.29, 0.717) is 12.1 Å². The summed E-state index contributed by atoms with van der Waals surface area (Å²) in [5.41, 5.74) is 3.84. The van der Waals surface area contributed by atoms with Crippen molar-refractivity contribution in [3.05, 3.63) is 102 Å². The van der Waals surface area contributed by atoms with Crippen LogP contribution in [0.2, 0.25) is 0 Å². The highest BCUT2D eigenvalue weighted by Gasteiger charge is 2.40. The number of aromatic nitrogens is 5. The van der Waals surface area contributed by atoms with E-state index in [1.807, 2.05) is 29.5 Å². The molecule has 0 radical (unpaired) electrons. The maximum atomic E-state index is 4.73. The third-order valence-electron chi connectivity index (χ3n) is 7.59. The molecule has 0 bridgehead atoms. The minimum atomic E-state index is 0.183. The molecule has 35 heavy (non-hydrogen) atoms. The first-order chi connectivity index (χ1) is 17.3. The second kappa shape index (κ2) is 10.1. The molecule has 3 unspecified atom stereocenters. The van der Waals surface area contributed by atoms with Crippen LogP contribution in [0.4, 0.5) is 0 Å². The fourth-order valence-corrected chi connectivity index (χ4v) is 5.91. The Balaban J connectivity index is 1.34. The summed E-state index contributed by atoms with van der Waals surface area (Å²) in [4.78, 5) is 2.75. The van der Waals surface area contributed by atoms with Crippen LogP contribution in [-0.2, 0) is 13.1 Å². The third-order valence-corrected chi connectivity index (χ3v) is 7.59. The maximum Gasteiger partial charge on any atom is 0.142 e. The van der Waals surface area contributed by atoms with Crippen molar-refractivity contribution in [2.24, 2.45) is 0 Å². The van der Waals surface area contributed by atoms with Crippen molar-refractivity contribution in [3.8, 4) is 0 Å². The highest BCUT2D eigenvalue weighted by molar-refractivity contribution is 5.32. The Labute approximate surface area is 206 Å². The van der Waals surface area contributed by atoms with Crippen molar-refractivity contribution < 1.29 is 0 Å². The van der Waals surface area contributed by atoms with Crippen LogP contribution in [0.25, 0.3) is 0 Å². The highest BCUT2D eigenvalue weighted by atomic mass is 15.3. The van der Waals surface area contributed by atoms with Crippen LogP contribution >= 0.6 is 0 Å². The average Bonchev–Trinajstić information content (AvgIpc) is 3.70. The van der Waals surface area contributed by atoms with E-state index in [2.05, 4.69) is 79.6 Å². The molecule has 180 valence electrons. The Hall–Kier alpha value is -3.29. The smallest absolute Gasteiger partial charge is 0.142 e. The zero-order valence-electron chi connectivity index (χ0n) is 20.1. The van der Waals surface area contributed by atoms with Crippen LogP contribution in [-0.4, -0.2) is 61.2 Å². The van der Waals surface area contributed by atoms with E-state index in [-0.39, 0.29) is 5.92 Å². The predicted molar refractivity (Wildman–Crippen MR) is 136 cm³/mol. The molecule has 7 heteroatoms. The van der Waals surface area contributed by atoms with Crippen LogP contribution in [0.5, 0.6) is 0 Å². The number of likely N-dealkylation sites (tertiary alicyclic amines) is 1. The van der Waals surface area contributed by atoms with Gasteiger partial charge in [0.05, 0.1) is 19.0 Å². The van der Waals surface area contributed by atoms with Crippen molar-refractivity contribution in [1.82, 2.24) is 34.8 Å². The molecule has 7 nitrogen and oxygen atoms in total. The second-order valence-electron chi connectivity index (χ2n) is 9.82. The van der Waals surface area contributed by atoms with Crippen molar-refractivity contribution in [2.75, 3.05) is 19.6 Å². The van der Waals surface area contributed by atoms with Gasteiger partial charge in [0.25, 0.3) is 0 Å². The van der Waals surface area contributed by atoms with Crippen molar-refractivity contribution in [2.45, 2.75) is 50.4 Å². The van der Waals surface area contributed by atoms with E-state index in [9.17, 15) is 0 Å². The first-order valence-electron chi connectivity index (χ1n) is 12.8. The lowest BCUT2D eigenvalue weighted by molar-refractivity contribution is 0.174. The van der Waals surface area contributed by atoms with Crippen LogP contribution < -0.4 is 5.32 Å². The molecule has 0 amide bonds. The Morgan fingerprint density at radius 3 is 2.57 bits per heavy atom. The molecule has 2 aromatic heterocycles. The number of nitrogens with zero attached hydrogens (tertiary/aromatic N) is 6. The zero-order valence-corrected chi connectivity index (χ0v) is 20.1. The Morgan fingerprint density at radius 1 is 0.943 bits per heavy atom. The van der Waals surface area contributed by atoms with Gasteiger partial charge in [0.2, 0.25) is 0 Å². The zero-order chi connectivity index (χ0) is 23.5. The lowest BCUT2D eigenvalue weighted by Gasteiger charge is -2.35.